The van der Waals surface area contributed by atoms with Gasteiger partial charge in [-0.05, 0) is 12.1 Å². The number of nitrogen functional groups attached to an aromatic ring is 1. The first-order valence-electron chi connectivity index (χ1n) is 7.28. The molecule has 0 saturated heterocycles. The Hall–Kier alpha value is -3.30. The minimum Gasteiger partial charge on any atom is -0.465 e. The van der Waals surface area contributed by atoms with Crippen molar-refractivity contribution in [3.05, 3.63) is 52.1 Å². The molecule has 2 heterocycles. The van der Waals surface area contributed by atoms with Gasteiger partial charge >= 0.3 is 12.1 Å². The summed E-state index contributed by atoms with van der Waals surface area (Å²) in [5.41, 5.74) is 3.44. The van der Waals surface area contributed by atoms with Gasteiger partial charge in [0.15, 0.2) is 0 Å². The van der Waals surface area contributed by atoms with E-state index >= 15 is 0 Å². The fourth-order valence-corrected chi connectivity index (χ4v) is 2.67. The van der Waals surface area contributed by atoms with E-state index in [1.165, 1.54) is 17.1 Å². The number of benzene rings is 1. The Labute approximate surface area is 144 Å². The smallest absolute Gasteiger partial charge is 0.416 e. The molecule has 0 radical (unpaired) electrons. The van der Waals surface area contributed by atoms with Gasteiger partial charge in [0.25, 0.3) is 5.56 Å². The molecule has 10 heteroatoms. The molecule has 0 aliphatic carbocycles. The highest BCUT2D eigenvalue weighted by Gasteiger charge is 2.32. The molecule has 0 aliphatic heterocycles. The number of hydrogen-bond donors (Lipinski definition) is 1. The summed E-state index contributed by atoms with van der Waals surface area (Å²) in [5, 5.41) is 4.03. The number of carbonyl (C=O) groups excluding carboxylic acids is 1. The molecule has 0 amide bonds. The zero-order valence-corrected chi connectivity index (χ0v) is 13.7. The summed E-state index contributed by atoms with van der Waals surface area (Å²) in [6, 6.07) is 2.76. The molecule has 0 aliphatic rings. The van der Waals surface area contributed by atoms with Gasteiger partial charge in [-0.15, -0.1) is 0 Å². The van der Waals surface area contributed by atoms with Crippen LogP contribution in [0.25, 0.3) is 16.6 Å². The van der Waals surface area contributed by atoms with Crippen molar-refractivity contribution in [1.29, 1.82) is 0 Å². The van der Waals surface area contributed by atoms with Crippen LogP contribution in [-0.4, -0.2) is 27.4 Å². The molecule has 1 aromatic carbocycles. The lowest BCUT2D eigenvalue weighted by atomic mass is 10.1. The summed E-state index contributed by atoms with van der Waals surface area (Å²) in [4.78, 5) is 24.8. The lowest BCUT2D eigenvalue weighted by molar-refractivity contribution is -0.137. The van der Waals surface area contributed by atoms with Gasteiger partial charge in [-0.3, -0.25) is 14.0 Å². The van der Waals surface area contributed by atoms with Crippen LogP contribution in [-0.2, 0) is 18.0 Å². The maximum atomic E-state index is 13.1. The number of aromatic nitrogens is 3. The molecule has 0 saturated carbocycles. The second-order valence-corrected chi connectivity index (χ2v) is 5.52. The van der Waals surface area contributed by atoms with Crippen molar-refractivity contribution in [2.24, 2.45) is 7.05 Å². The van der Waals surface area contributed by atoms with E-state index in [2.05, 4.69) is 9.84 Å². The number of methoxy groups -OCH3 is 1. The second kappa shape index (κ2) is 5.90. The zero-order chi connectivity index (χ0) is 19.2. The van der Waals surface area contributed by atoms with Crippen molar-refractivity contribution in [3.8, 4) is 5.69 Å². The number of carbonyl (C=O) groups is 1. The summed E-state index contributed by atoms with van der Waals surface area (Å²) in [7, 11) is 2.66. The number of anilines is 1. The molecular formula is C16H13F3N4O3. The van der Waals surface area contributed by atoms with Gasteiger partial charge in [-0.25, -0.2) is 4.79 Å². The Morgan fingerprint density at radius 3 is 2.54 bits per heavy atom. The monoisotopic (exact) mass is 366 g/mol. The van der Waals surface area contributed by atoms with Crippen molar-refractivity contribution < 1.29 is 22.7 Å². The molecule has 2 N–H and O–H groups in total. The van der Waals surface area contributed by atoms with Gasteiger partial charge in [0.2, 0.25) is 0 Å². The minimum absolute atomic E-state index is 0.0945. The molecule has 2 aromatic heterocycles. The van der Waals surface area contributed by atoms with E-state index in [-0.39, 0.29) is 22.3 Å². The van der Waals surface area contributed by atoms with E-state index in [4.69, 9.17) is 5.73 Å². The lowest BCUT2D eigenvalue weighted by Gasteiger charge is -2.15. The number of pyridine rings is 1. The summed E-state index contributed by atoms with van der Waals surface area (Å²) >= 11 is 0. The Kier molecular flexibility index (Phi) is 3.98. The number of fused-ring (bicyclic) bond motifs is 1. The third-order valence-electron chi connectivity index (χ3n) is 3.88. The molecule has 136 valence electrons. The van der Waals surface area contributed by atoms with Crippen molar-refractivity contribution >= 4 is 22.6 Å². The molecular weight excluding hydrogens is 353 g/mol. The molecule has 7 nitrogen and oxygen atoms in total. The normalized spacial score (nSPS) is 11.7. The quantitative estimate of drug-likeness (QED) is 0.702. The van der Waals surface area contributed by atoms with Gasteiger partial charge < -0.3 is 10.5 Å². The predicted molar refractivity (Wildman–Crippen MR) is 87.1 cm³/mol. The lowest BCUT2D eigenvalue weighted by Crippen LogP contribution is -2.28. The SMILES string of the molecule is COC(=O)c1c(N)c2ccc(C(F)(F)F)cc2n(-c2cnn(C)c2)c1=O. The van der Waals surface area contributed by atoms with E-state index < -0.39 is 28.8 Å². The molecule has 3 rings (SSSR count). The summed E-state index contributed by atoms with van der Waals surface area (Å²) in [5.74, 6) is -0.980. The number of hydrogen-bond acceptors (Lipinski definition) is 5. The van der Waals surface area contributed by atoms with Gasteiger partial charge in [0.1, 0.15) is 5.56 Å². The Morgan fingerprint density at radius 1 is 1.31 bits per heavy atom. The van der Waals surface area contributed by atoms with Crippen molar-refractivity contribution in [3.63, 3.8) is 0 Å². The van der Waals surface area contributed by atoms with E-state index in [9.17, 15) is 22.8 Å². The number of ether oxygens (including phenoxy) is 1. The predicted octanol–water partition coefficient (Wildman–Crippen LogP) is 2.11. The van der Waals surface area contributed by atoms with E-state index in [0.717, 1.165) is 29.9 Å². The molecule has 0 fully saturated rings. The Bertz CT molecular complexity index is 1080. The molecule has 0 bridgehead atoms. The van der Waals surface area contributed by atoms with Gasteiger partial charge in [-0.2, -0.15) is 18.3 Å². The largest absolute Gasteiger partial charge is 0.465 e. The van der Waals surface area contributed by atoms with Crippen LogP contribution in [0.1, 0.15) is 15.9 Å². The van der Waals surface area contributed by atoms with Crippen molar-refractivity contribution in [1.82, 2.24) is 14.3 Å². The first-order chi connectivity index (χ1) is 12.1. The van der Waals surface area contributed by atoms with Crippen LogP contribution >= 0.6 is 0 Å². The number of aryl methyl sites for hydroxylation is 1. The highest BCUT2D eigenvalue weighted by atomic mass is 19.4. The fraction of sp³-hybridized carbons (Fsp3) is 0.188. The van der Waals surface area contributed by atoms with Crippen LogP contribution in [0.5, 0.6) is 0 Å². The van der Waals surface area contributed by atoms with Crippen LogP contribution in [0.15, 0.2) is 35.4 Å². The Balaban J connectivity index is 2.50. The maximum absolute atomic E-state index is 13.1. The highest BCUT2D eigenvalue weighted by Crippen LogP contribution is 2.33. The van der Waals surface area contributed by atoms with Crippen molar-refractivity contribution in [2.75, 3.05) is 12.8 Å². The van der Waals surface area contributed by atoms with Crippen LogP contribution < -0.4 is 11.3 Å². The van der Waals surface area contributed by atoms with Gasteiger partial charge in [0.05, 0.1) is 35.8 Å². The molecule has 0 atom stereocenters. The summed E-state index contributed by atoms with van der Waals surface area (Å²) < 4.78 is 46.2. The molecule has 0 unspecified atom stereocenters. The highest BCUT2D eigenvalue weighted by molar-refractivity contribution is 6.04. The van der Waals surface area contributed by atoms with Gasteiger partial charge in [0, 0.05) is 18.6 Å². The number of esters is 1. The van der Waals surface area contributed by atoms with Crippen LogP contribution in [0, 0.1) is 0 Å². The van der Waals surface area contributed by atoms with E-state index in [1.54, 1.807) is 7.05 Å². The van der Waals surface area contributed by atoms with Crippen LogP contribution in [0.2, 0.25) is 0 Å². The topological polar surface area (TPSA) is 92.1 Å². The zero-order valence-electron chi connectivity index (χ0n) is 13.7. The first kappa shape index (κ1) is 17.5. The van der Waals surface area contributed by atoms with Crippen molar-refractivity contribution in [2.45, 2.75) is 6.18 Å². The third-order valence-corrected chi connectivity index (χ3v) is 3.88. The minimum atomic E-state index is -4.61. The molecule has 26 heavy (non-hydrogen) atoms. The average molecular weight is 366 g/mol. The second-order valence-electron chi connectivity index (χ2n) is 5.52. The molecule has 0 spiro atoms. The van der Waals surface area contributed by atoms with Crippen LogP contribution in [0.4, 0.5) is 18.9 Å². The van der Waals surface area contributed by atoms with E-state index in [1.807, 2.05) is 0 Å². The third kappa shape index (κ3) is 2.68. The maximum Gasteiger partial charge on any atom is 0.416 e. The fourth-order valence-electron chi connectivity index (χ4n) is 2.67. The number of rotatable bonds is 2. The summed E-state index contributed by atoms with van der Waals surface area (Å²) in [6.07, 6.45) is -1.89. The van der Waals surface area contributed by atoms with Crippen LogP contribution in [0.3, 0.4) is 0 Å². The first-order valence-corrected chi connectivity index (χ1v) is 7.28. The number of alkyl halides is 3. The average Bonchev–Trinajstić information content (AvgIpc) is 2.99. The Morgan fingerprint density at radius 2 is 2.00 bits per heavy atom. The molecule has 3 aromatic rings. The number of nitrogens with two attached hydrogens (primary N) is 1. The number of nitrogens with zero attached hydrogens (tertiary/aromatic N) is 3. The van der Waals surface area contributed by atoms with Gasteiger partial charge in [-0.1, -0.05) is 6.07 Å². The summed E-state index contributed by atoms with van der Waals surface area (Å²) in [6.45, 7) is 0. The number of halogens is 3. The van der Waals surface area contributed by atoms with E-state index in [0.29, 0.717) is 0 Å². The standard InChI is InChI=1S/C16H13F3N4O3/c1-22-7-9(6-21-22)23-11-5-8(16(17,18)19)3-4-10(11)13(20)12(14(23)24)15(25)26-2/h3-7H,20H2,1-2H3.